The Hall–Kier alpha value is -3.97. The Morgan fingerprint density at radius 3 is 2.62 bits per heavy atom. The molecule has 0 saturated heterocycles. The maximum absolute atomic E-state index is 8.83. The lowest BCUT2D eigenvalue weighted by Gasteiger charge is -2.11. The summed E-state index contributed by atoms with van der Waals surface area (Å²) in [6.07, 6.45) is 7.39. The van der Waals surface area contributed by atoms with Gasteiger partial charge in [-0.25, -0.2) is 9.97 Å². The second-order valence-corrected chi connectivity index (χ2v) is 7.13. The molecule has 0 saturated carbocycles. The van der Waals surface area contributed by atoms with Crippen molar-refractivity contribution in [2.75, 3.05) is 5.32 Å². The van der Waals surface area contributed by atoms with Crippen LogP contribution in [0.2, 0.25) is 0 Å². The minimum Gasteiger partial charge on any atom is -0.340 e. The molecule has 0 fully saturated rings. The van der Waals surface area contributed by atoms with E-state index in [9.17, 15) is 0 Å². The lowest BCUT2D eigenvalue weighted by molar-refractivity contribution is 1.21. The fourth-order valence-electron chi connectivity index (χ4n) is 3.70. The Labute approximate surface area is 169 Å². The van der Waals surface area contributed by atoms with Gasteiger partial charge >= 0.3 is 0 Å². The van der Waals surface area contributed by atoms with Gasteiger partial charge in [-0.3, -0.25) is 0 Å². The fourth-order valence-corrected chi connectivity index (χ4v) is 3.70. The van der Waals surface area contributed by atoms with Gasteiger partial charge in [0, 0.05) is 11.1 Å². The van der Waals surface area contributed by atoms with E-state index in [0.29, 0.717) is 6.42 Å². The predicted molar refractivity (Wildman–Crippen MR) is 117 cm³/mol. The number of fused-ring (bicyclic) bond motifs is 2. The van der Waals surface area contributed by atoms with Gasteiger partial charge in [0.25, 0.3) is 0 Å². The van der Waals surface area contributed by atoms with Crippen molar-refractivity contribution < 1.29 is 0 Å². The van der Waals surface area contributed by atoms with Gasteiger partial charge in [-0.1, -0.05) is 42.5 Å². The number of hydrogen-bond donors (Lipinski definition) is 1. The smallest absolute Gasteiger partial charge is 0.141 e. The molecule has 0 radical (unpaired) electrons. The van der Waals surface area contributed by atoms with Crippen molar-refractivity contribution >= 4 is 28.5 Å². The third kappa shape index (κ3) is 3.35. The number of nitrogens with one attached hydrogen (secondary N) is 1. The van der Waals surface area contributed by atoms with E-state index in [1.165, 1.54) is 16.7 Å². The Bertz CT molecular complexity index is 1280. The summed E-state index contributed by atoms with van der Waals surface area (Å²) >= 11 is 0. The molecule has 0 unspecified atom stereocenters. The van der Waals surface area contributed by atoms with Gasteiger partial charge in [-0.15, -0.1) is 0 Å². The van der Waals surface area contributed by atoms with Crippen LogP contribution in [0.15, 0.2) is 73.1 Å². The highest BCUT2D eigenvalue weighted by molar-refractivity contribution is 5.94. The van der Waals surface area contributed by atoms with E-state index in [1.807, 2.05) is 30.3 Å². The highest BCUT2D eigenvalue weighted by Crippen LogP contribution is 2.31. The van der Waals surface area contributed by atoms with E-state index in [0.717, 1.165) is 40.0 Å². The summed E-state index contributed by atoms with van der Waals surface area (Å²) in [5.74, 6) is 0.769. The van der Waals surface area contributed by atoms with Crippen molar-refractivity contribution in [3.05, 3.63) is 89.8 Å². The number of nitriles is 1. The highest BCUT2D eigenvalue weighted by Gasteiger charge is 2.10. The van der Waals surface area contributed by atoms with E-state index >= 15 is 0 Å². The zero-order chi connectivity index (χ0) is 19.6. The van der Waals surface area contributed by atoms with Crippen LogP contribution in [0.3, 0.4) is 0 Å². The molecule has 0 atom stereocenters. The minimum absolute atomic E-state index is 0.413. The zero-order valence-electron chi connectivity index (χ0n) is 15.8. The molecule has 138 valence electrons. The summed E-state index contributed by atoms with van der Waals surface area (Å²) in [7, 11) is 0. The average Bonchev–Trinajstić information content (AvgIpc) is 3.23. The molecule has 4 aromatic rings. The van der Waals surface area contributed by atoms with Crippen molar-refractivity contribution in [3.8, 4) is 17.2 Å². The van der Waals surface area contributed by atoms with Crippen LogP contribution in [0.4, 0.5) is 11.5 Å². The highest BCUT2D eigenvalue weighted by atomic mass is 15.0. The molecule has 0 spiro atoms. The van der Waals surface area contributed by atoms with Crippen LogP contribution in [0, 0.1) is 11.3 Å². The molecule has 1 N–H and O–H groups in total. The SMILES string of the molecule is N#CCc1ccc(Nc2ncnc3ccc(-c4ccc5c(c4)C=CC5)cc23)cc1. The first-order chi connectivity index (χ1) is 14.3. The number of rotatable bonds is 4. The van der Waals surface area contributed by atoms with Crippen LogP contribution >= 0.6 is 0 Å². The standard InChI is InChI=1S/C25H18N4/c26-13-12-17-4-9-22(10-5-17)29-25-23-15-21(8-11-24(23)27-16-28-25)20-7-6-18-2-1-3-19(18)14-20/h1,3-11,14-16H,2,12H2,(H,27,28,29). The Balaban J connectivity index is 1.52. The molecule has 0 aliphatic heterocycles. The number of allylic oxidation sites excluding steroid dienone is 1. The number of anilines is 2. The molecule has 1 aliphatic carbocycles. The lowest BCUT2D eigenvalue weighted by Crippen LogP contribution is -1.96. The second-order valence-electron chi connectivity index (χ2n) is 7.13. The number of benzene rings is 3. The van der Waals surface area contributed by atoms with E-state index in [1.54, 1.807) is 6.33 Å². The van der Waals surface area contributed by atoms with E-state index in [2.05, 4.69) is 63.8 Å². The summed E-state index contributed by atoms with van der Waals surface area (Å²) < 4.78 is 0. The average molecular weight is 374 g/mol. The molecule has 0 amide bonds. The third-order valence-electron chi connectivity index (χ3n) is 5.25. The molecule has 5 rings (SSSR count). The van der Waals surface area contributed by atoms with Crippen molar-refractivity contribution in [3.63, 3.8) is 0 Å². The van der Waals surface area contributed by atoms with Crippen LogP contribution < -0.4 is 5.32 Å². The van der Waals surface area contributed by atoms with Gasteiger partial charge in [-0.2, -0.15) is 5.26 Å². The molecular formula is C25H18N4. The summed E-state index contributed by atoms with van der Waals surface area (Å²) in [5.41, 5.74) is 7.82. The van der Waals surface area contributed by atoms with Crippen molar-refractivity contribution in [2.45, 2.75) is 12.8 Å². The Morgan fingerprint density at radius 1 is 0.931 bits per heavy atom. The van der Waals surface area contributed by atoms with E-state index in [4.69, 9.17) is 5.26 Å². The van der Waals surface area contributed by atoms with Crippen LogP contribution in [0.5, 0.6) is 0 Å². The Kier molecular flexibility index (Phi) is 4.27. The van der Waals surface area contributed by atoms with Crippen LogP contribution in [-0.4, -0.2) is 9.97 Å². The lowest BCUT2D eigenvalue weighted by atomic mass is 9.99. The molecule has 3 aromatic carbocycles. The topological polar surface area (TPSA) is 61.6 Å². The van der Waals surface area contributed by atoms with Gasteiger partial charge in [-0.05, 0) is 64.6 Å². The van der Waals surface area contributed by atoms with Crippen molar-refractivity contribution in [2.24, 2.45) is 0 Å². The largest absolute Gasteiger partial charge is 0.340 e. The first kappa shape index (κ1) is 17.2. The quantitative estimate of drug-likeness (QED) is 0.499. The molecular weight excluding hydrogens is 356 g/mol. The van der Waals surface area contributed by atoms with Crippen LogP contribution in [-0.2, 0) is 12.8 Å². The molecule has 0 bridgehead atoms. The van der Waals surface area contributed by atoms with E-state index < -0.39 is 0 Å². The van der Waals surface area contributed by atoms with Gasteiger partial charge in [0.2, 0.25) is 0 Å². The first-order valence-corrected chi connectivity index (χ1v) is 9.58. The fraction of sp³-hybridized carbons (Fsp3) is 0.0800. The van der Waals surface area contributed by atoms with Crippen molar-refractivity contribution in [1.82, 2.24) is 9.97 Å². The summed E-state index contributed by atoms with van der Waals surface area (Å²) in [6, 6.07) is 22.9. The summed E-state index contributed by atoms with van der Waals surface area (Å²) in [4.78, 5) is 8.88. The third-order valence-corrected chi connectivity index (χ3v) is 5.25. The van der Waals surface area contributed by atoms with Crippen molar-refractivity contribution in [1.29, 1.82) is 5.26 Å². The predicted octanol–water partition coefficient (Wildman–Crippen LogP) is 5.68. The molecule has 4 nitrogen and oxygen atoms in total. The summed E-state index contributed by atoms with van der Waals surface area (Å²) in [5, 5.41) is 13.2. The Morgan fingerprint density at radius 2 is 1.76 bits per heavy atom. The van der Waals surface area contributed by atoms with Crippen LogP contribution in [0.25, 0.3) is 28.1 Å². The van der Waals surface area contributed by atoms with Gasteiger partial charge in [0.15, 0.2) is 0 Å². The first-order valence-electron chi connectivity index (χ1n) is 9.58. The zero-order valence-corrected chi connectivity index (χ0v) is 15.8. The molecule has 1 aliphatic rings. The molecule has 29 heavy (non-hydrogen) atoms. The second kappa shape index (κ2) is 7.21. The van der Waals surface area contributed by atoms with Crippen LogP contribution in [0.1, 0.15) is 16.7 Å². The number of hydrogen-bond acceptors (Lipinski definition) is 4. The summed E-state index contributed by atoms with van der Waals surface area (Å²) in [6.45, 7) is 0. The number of nitrogens with zero attached hydrogens (tertiary/aromatic N) is 3. The van der Waals surface area contributed by atoms with Gasteiger partial charge in [0.05, 0.1) is 18.0 Å². The van der Waals surface area contributed by atoms with Gasteiger partial charge < -0.3 is 5.32 Å². The van der Waals surface area contributed by atoms with E-state index in [-0.39, 0.29) is 0 Å². The monoisotopic (exact) mass is 374 g/mol. The number of aromatic nitrogens is 2. The maximum Gasteiger partial charge on any atom is 0.141 e. The molecule has 1 aromatic heterocycles. The van der Waals surface area contributed by atoms with Gasteiger partial charge in [0.1, 0.15) is 12.1 Å². The molecule has 1 heterocycles. The minimum atomic E-state index is 0.413. The molecule has 4 heteroatoms. The maximum atomic E-state index is 8.83. The normalized spacial score (nSPS) is 12.0.